The predicted molar refractivity (Wildman–Crippen MR) is 78.4 cm³/mol. The van der Waals surface area contributed by atoms with Gasteiger partial charge in [0, 0.05) is 30.9 Å². The van der Waals surface area contributed by atoms with Crippen LogP contribution in [-0.4, -0.2) is 43.1 Å². The smallest absolute Gasteiger partial charge is 0.275 e. The quantitative estimate of drug-likeness (QED) is 0.640. The Morgan fingerprint density at radius 2 is 2.30 bits per heavy atom. The minimum Gasteiger partial charge on any atom is -0.493 e. The molecule has 1 heterocycles. The third-order valence-corrected chi connectivity index (χ3v) is 3.78. The fourth-order valence-corrected chi connectivity index (χ4v) is 2.57. The average Bonchev–Trinajstić information content (AvgIpc) is 2.84. The van der Waals surface area contributed by atoms with Gasteiger partial charge in [0.05, 0.1) is 17.6 Å². The summed E-state index contributed by atoms with van der Waals surface area (Å²) in [5.74, 6) is 0.546. The number of non-ortho nitro benzene ring substituents is 1. The zero-order valence-electron chi connectivity index (χ0n) is 12.0. The lowest BCUT2D eigenvalue weighted by atomic mass is 10.1. The maximum Gasteiger partial charge on any atom is 0.275 e. The number of nitrogens with one attached hydrogen (secondary N) is 1. The van der Waals surface area contributed by atoms with Gasteiger partial charge in [0.2, 0.25) is 0 Å². The van der Waals surface area contributed by atoms with Gasteiger partial charge in [-0.15, -0.1) is 0 Å². The average molecular weight is 279 g/mol. The Morgan fingerprint density at radius 3 is 2.90 bits per heavy atom. The standard InChI is InChI=1S/C14H21N3O3/c1-15-11-8-13(17(18)19)10-14(9-11)20-7-5-12-4-3-6-16(12)2/h8-10,12,15H,3-7H2,1-2H3. The number of likely N-dealkylation sites (tertiary alicyclic amines) is 1. The second kappa shape index (κ2) is 6.56. The summed E-state index contributed by atoms with van der Waals surface area (Å²) < 4.78 is 5.68. The van der Waals surface area contributed by atoms with E-state index in [1.165, 1.54) is 25.0 Å². The summed E-state index contributed by atoms with van der Waals surface area (Å²) in [6.45, 7) is 1.73. The molecule has 1 N–H and O–H groups in total. The lowest BCUT2D eigenvalue weighted by molar-refractivity contribution is -0.384. The zero-order chi connectivity index (χ0) is 14.5. The van der Waals surface area contributed by atoms with Gasteiger partial charge in [-0.1, -0.05) is 0 Å². The Kier molecular flexibility index (Phi) is 4.79. The van der Waals surface area contributed by atoms with Gasteiger partial charge in [0.25, 0.3) is 5.69 Å². The van der Waals surface area contributed by atoms with Crippen LogP contribution in [0.15, 0.2) is 18.2 Å². The zero-order valence-corrected chi connectivity index (χ0v) is 12.0. The van der Waals surface area contributed by atoms with E-state index in [0.29, 0.717) is 24.1 Å². The third kappa shape index (κ3) is 3.60. The molecule has 1 atom stereocenters. The summed E-state index contributed by atoms with van der Waals surface area (Å²) >= 11 is 0. The molecule has 6 heteroatoms. The SMILES string of the molecule is CNc1cc(OCCC2CCCN2C)cc([N+](=O)[O-])c1. The summed E-state index contributed by atoms with van der Waals surface area (Å²) in [4.78, 5) is 12.8. The first-order valence-corrected chi connectivity index (χ1v) is 6.90. The molecule has 1 fully saturated rings. The minimum absolute atomic E-state index is 0.0461. The highest BCUT2D eigenvalue weighted by Crippen LogP contribution is 2.26. The molecule has 0 radical (unpaired) electrons. The summed E-state index contributed by atoms with van der Waals surface area (Å²) in [7, 11) is 3.86. The van der Waals surface area contributed by atoms with Crippen molar-refractivity contribution in [2.24, 2.45) is 0 Å². The van der Waals surface area contributed by atoms with Gasteiger partial charge in [0.1, 0.15) is 5.75 Å². The molecule has 0 saturated carbocycles. The largest absolute Gasteiger partial charge is 0.493 e. The second-order valence-electron chi connectivity index (χ2n) is 5.14. The molecule has 110 valence electrons. The normalized spacial score (nSPS) is 19.0. The van der Waals surface area contributed by atoms with Crippen LogP contribution in [0.4, 0.5) is 11.4 Å². The molecule has 1 aromatic rings. The van der Waals surface area contributed by atoms with Gasteiger partial charge in [0.15, 0.2) is 0 Å². The molecule has 20 heavy (non-hydrogen) atoms. The summed E-state index contributed by atoms with van der Waals surface area (Å²) in [6.07, 6.45) is 3.40. The molecule has 0 spiro atoms. The molecule has 0 aromatic heterocycles. The van der Waals surface area contributed by atoms with E-state index in [2.05, 4.69) is 17.3 Å². The molecular formula is C14H21N3O3. The van der Waals surface area contributed by atoms with Crippen molar-refractivity contribution < 1.29 is 9.66 Å². The number of nitrogens with zero attached hydrogens (tertiary/aromatic N) is 2. The molecule has 0 amide bonds. The van der Waals surface area contributed by atoms with E-state index in [0.717, 1.165) is 13.0 Å². The van der Waals surface area contributed by atoms with Gasteiger partial charge in [-0.05, 0) is 32.9 Å². The van der Waals surface area contributed by atoms with Crippen LogP contribution >= 0.6 is 0 Å². The lowest BCUT2D eigenvalue weighted by Crippen LogP contribution is -2.26. The molecule has 0 bridgehead atoms. The van der Waals surface area contributed by atoms with E-state index in [1.54, 1.807) is 13.1 Å². The van der Waals surface area contributed by atoms with Crippen molar-refractivity contribution in [3.63, 3.8) is 0 Å². The van der Waals surface area contributed by atoms with E-state index < -0.39 is 4.92 Å². The molecule has 1 aliphatic rings. The minimum atomic E-state index is -0.404. The second-order valence-corrected chi connectivity index (χ2v) is 5.14. The first-order valence-electron chi connectivity index (χ1n) is 6.90. The maximum absolute atomic E-state index is 10.9. The van der Waals surface area contributed by atoms with Crippen molar-refractivity contribution in [1.82, 2.24) is 4.90 Å². The molecule has 2 rings (SSSR count). The van der Waals surface area contributed by atoms with Gasteiger partial charge >= 0.3 is 0 Å². The number of hydrogen-bond acceptors (Lipinski definition) is 5. The Hall–Kier alpha value is -1.82. The Morgan fingerprint density at radius 1 is 1.50 bits per heavy atom. The van der Waals surface area contributed by atoms with Crippen molar-refractivity contribution in [3.05, 3.63) is 28.3 Å². The van der Waals surface area contributed by atoms with Crippen LogP contribution in [0.2, 0.25) is 0 Å². The van der Waals surface area contributed by atoms with Crippen molar-refractivity contribution in [2.45, 2.75) is 25.3 Å². The first kappa shape index (κ1) is 14.6. The van der Waals surface area contributed by atoms with Crippen molar-refractivity contribution in [2.75, 3.05) is 32.6 Å². The monoisotopic (exact) mass is 279 g/mol. The molecule has 6 nitrogen and oxygen atoms in total. The van der Waals surface area contributed by atoms with Gasteiger partial charge in [-0.25, -0.2) is 0 Å². The number of nitro groups is 1. The molecule has 1 saturated heterocycles. The van der Waals surface area contributed by atoms with E-state index in [9.17, 15) is 10.1 Å². The highest BCUT2D eigenvalue weighted by atomic mass is 16.6. The van der Waals surface area contributed by atoms with Crippen molar-refractivity contribution in [3.8, 4) is 5.75 Å². The van der Waals surface area contributed by atoms with Crippen LogP contribution in [0.25, 0.3) is 0 Å². The van der Waals surface area contributed by atoms with Crippen LogP contribution in [0, 0.1) is 10.1 Å². The van der Waals surface area contributed by atoms with E-state index >= 15 is 0 Å². The van der Waals surface area contributed by atoms with E-state index in [1.807, 2.05) is 0 Å². The van der Waals surface area contributed by atoms with Crippen LogP contribution in [0.5, 0.6) is 5.75 Å². The third-order valence-electron chi connectivity index (χ3n) is 3.78. The van der Waals surface area contributed by atoms with Gasteiger partial charge < -0.3 is 15.0 Å². The highest BCUT2D eigenvalue weighted by Gasteiger charge is 2.20. The summed E-state index contributed by atoms with van der Waals surface area (Å²) in [5.41, 5.74) is 0.733. The number of rotatable bonds is 6. The van der Waals surface area contributed by atoms with Crippen molar-refractivity contribution >= 4 is 11.4 Å². The van der Waals surface area contributed by atoms with Crippen LogP contribution in [-0.2, 0) is 0 Å². The molecule has 1 unspecified atom stereocenters. The van der Waals surface area contributed by atoms with Crippen LogP contribution in [0.3, 0.4) is 0 Å². The fourth-order valence-electron chi connectivity index (χ4n) is 2.57. The predicted octanol–water partition coefficient (Wildman–Crippen LogP) is 2.50. The number of nitro benzene ring substituents is 1. The molecular weight excluding hydrogens is 258 g/mol. The molecule has 0 aliphatic carbocycles. The summed E-state index contributed by atoms with van der Waals surface area (Å²) in [5, 5.41) is 13.8. The Balaban J connectivity index is 1.94. The topological polar surface area (TPSA) is 67.6 Å². The lowest BCUT2D eigenvalue weighted by Gasteiger charge is -2.19. The Bertz CT molecular complexity index is 479. The number of benzene rings is 1. The maximum atomic E-state index is 10.9. The highest BCUT2D eigenvalue weighted by molar-refractivity contribution is 5.55. The molecule has 1 aliphatic heterocycles. The summed E-state index contributed by atoms with van der Waals surface area (Å²) in [6, 6.07) is 5.32. The van der Waals surface area contributed by atoms with Gasteiger partial charge in [-0.2, -0.15) is 0 Å². The first-order chi connectivity index (χ1) is 9.60. The number of hydrogen-bond donors (Lipinski definition) is 1. The number of ether oxygens (including phenoxy) is 1. The molecule has 1 aromatic carbocycles. The fraction of sp³-hybridized carbons (Fsp3) is 0.571. The Labute approximate surface area is 118 Å². The van der Waals surface area contributed by atoms with Crippen molar-refractivity contribution in [1.29, 1.82) is 0 Å². The van der Waals surface area contributed by atoms with E-state index in [4.69, 9.17) is 4.74 Å². The van der Waals surface area contributed by atoms with Crippen LogP contribution < -0.4 is 10.1 Å². The van der Waals surface area contributed by atoms with E-state index in [-0.39, 0.29) is 5.69 Å². The van der Waals surface area contributed by atoms with Gasteiger partial charge in [-0.3, -0.25) is 10.1 Å². The number of anilines is 1. The van der Waals surface area contributed by atoms with Crippen LogP contribution in [0.1, 0.15) is 19.3 Å².